The lowest BCUT2D eigenvalue weighted by Crippen LogP contribution is -2.27. The minimum atomic E-state index is 0.586. The van der Waals surface area contributed by atoms with Gasteiger partial charge in [-0.2, -0.15) is 0 Å². The number of likely N-dealkylation sites (tertiary alicyclic amines) is 1. The van der Waals surface area contributed by atoms with E-state index < -0.39 is 0 Å². The van der Waals surface area contributed by atoms with Gasteiger partial charge in [-0.1, -0.05) is 23.2 Å². The molecule has 2 rings (SSSR count). The molecule has 0 amide bonds. The SMILES string of the molecule is CC1CC(CN)CN1Cc1csc(Cl)c1Cl. The summed E-state index contributed by atoms with van der Waals surface area (Å²) in [6.45, 7) is 4.98. The Morgan fingerprint density at radius 2 is 2.31 bits per heavy atom. The molecule has 2 heterocycles. The summed E-state index contributed by atoms with van der Waals surface area (Å²) in [6.07, 6.45) is 1.19. The number of hydrogen-bond donors (Lipinski definition) is 1. The molecule has 0 radical (unpaired) electrons. The molecule has 1 saturated heterocycles. The molecule has 0 aromatic carbocycles. The zero-order valence-electron chi connectivity index (χ0n) is 9.25. The summed E-state index contributed by atoms with van der Waals surface area (Å²) in [6, 6.07) is 0.586. The van der Waals surface area contributed by atoms with Gasteiger partial charge in [0.05, 0.1) is 5.02 Å². The Morgan fingerprint density at radius 1 is 1.56 bits per heavy atom. The van der Waals surface area contributed by atoms with Crippen LogP contribution < -0.4 is 5.73 Å². The van der Waals surface area contributed by atoms with Gasteiger partial charge in [0.15, 0.2) is 0 Å². The highest BCUT2D eigenvalue weighted by Gasteiger charge is 2.28. The van der Waals surface area contributed by atoms with Crippen molar-refractivity contribution in [2.45, 2.75) is 25.9 Å². The topological polar surface area (TPSA) is 29.3 Å². The average molecular weight is 279 g/mol. The van der Waals surface area contributed by atoms with Crippen molar-refractivity contribution in [1.29, 1.82) is 0 Å². The lowest BCUT2D eigenvalue weighted by Gasteiger charge is -2.20. The molecule has 1 aliphatic rings. The molecule has 0 saturated carbocycles. The normalized spacial score (nSPS) is 26.5. The third-order valence-electron chi connectivity index (χ3n) is 3.26. The van der Waals surface area contributed by atoms with Gasteiger partial charge in [-0.15, -0.1) is 11.3 Å². The van der Waals surface area contributed by atoms with Crippen LogP contribution in [0.25, 0.3) is 0 Å². The number of halogens is 2. The van der Waals surface area contributed by atoms with Crippen LogP contribution in [0.15, 0.2) is 5.38 Å². The summed E-state index contributed by atoms with van der Waals surface area (Å²) >= 11 is 13.6. The third-order valence-corrected chi connectivity index (χ3v) is 5.17. The molecule has 90 valence electrons. The van der Waals surface area contributed by atoms with Gasteiger partial charge in [0, 0.05) is 19.1 Å². The predicted molar refractivity (Wildman–Crippen MR) is 71.4 cm³/mol. The van der Waals surface area contributed by atoms with Crippen molar-refractivity contribution in [1.82, 2.24) is 4.90 Å². The number of nitrogens with two attached hydrogens (primary N) is 1. The van der Waals surface area contributed by atoms with Crippen LogP contribution in [0.5, 0.6) is 0 Å². The van der Waals surface area contributed by atoms with E-state index in [4.69, 9.17) is 28.9 Å². The maximum absolute atomic E-state index is 6.13. The van der Waals surface area contributed by atoms with Crippen LogP contribution in [0.2, 0.25) is 9.36 Å². The van der Waals surface area contributed by atoms with Crippen molar-refractivity contribution < 1.29 is 0 Å². The molecule has 1 aromatic rings. The van der Waals surface area contributed by atoms with Crippen LogP contribution in [0.4, 0.5) is 0 Å². The van der Waals surface area contributed by atoms with E-state index in [1.165, 1.54) is 17.8 Å². The molecule has 1 fully saturated rings. The molecule has 2 nitrogen and oxygen atoms in total. The fourth-order valence-corrected chi connectivity index (χ4v) is 3.53. The van der Waals surface area contributed by atoms with Crippen LogP contribution in [-0.4, -0.2) is 24.0 Å². The number of thiophene rings is 1. The number of rotatable bonds is 3. The second kappa shape index (κ2) is 5.23. The highest BCUT2D eigenvalue weighted by molar-refractivity contribution is 7.15. The molecule has 0 spiro atoms. The van der Waals surface area contributed by atoms with Gasteiger partial charge >= 0.3 is 0 Å². The molecule has 2 unspecified atom stereocenters. The van der Waals surface area contributed by atoms with E-state index in [0.717, 1.165) is 30.2 Å². The fraction of sp³-hybridized carbons (Fsp3) is 0.636. The molecule has 2 atom stereocenters. The Bertz CT molecular complexity index is 367. The zero-order chi connectivity index (χ0) is 11.7. The van der Waals surface area contributed by atoms with E-state index in [2.05, 4.69) is 11.8 Å². The van der Waals surface area contributed by atoms with Gasteiger partial charge in [0.2, 0.25) is 0 Å². The second-order valence-corrected chi connectivity index (χ2v) is 6.32. The molecule has 16 heavy (non-hydrogen) atoms. The van der Waals surface area contributed by atoms with E-state index in [1.807, 2.05) is 5.38 Å². The van der Waals surface area contributed by atoms with E-state index in [-0.39, 0.29) is 0 Å². The Morgan fingerprint density at radius 3 is 2.81 bits per heavy atom. The van der Waals surface area contributed by atoms with Gasteiger partial charge < -0.3 is 5.73 Å². The van der Waals surface area contributed by atoms with Crippen LogP contribution in [-0.2, 0) is 6.54 Å². The standard InChI is InChI=1S/C11H16Cl2N2S/c1-7-2-8(3-14)4-15(7)5-9-6-16-11(13)10(9)12/h6-8H,2-5,14H2,1H3. The zero-order valence-corrected chi connectivity index (χ0v) is 11.6. The first-order valence-corrected chi connectivity index (χ1v) is 7.10. The minimum absolute atomic E-state index is 0.586. The maximum Gasteiger partial charge on any atom is 0.112 e. The summed E-state index contributed by atoms with van der Waals surface area (Å²) in [7, 11) is 0. The maximum atomic E-state index is 6.13. The van der Waals surface area contributed by atoms with E-state index in [1.54, 1.807) is 0 Å². The largest absolute Gasteiger partial charge is 0.330 e. The van der Waals surface area contributed by atoms with Gasteiger partial charge in [0.1, 0.15) is 4.34 Å². The molecule has 1 aliphatic heterocycles. The monoisotopic (exact) mass is 278 g/mol. The Hall–Kier alpha value is 0.200. The molecule has 0 aliphatic carbocycles. The lowest BCUT2D eigenvalue weighted by atomic mass is 10.1. The summed E-state index contributed by atoms with van der Waals surface area (Å²) in [5.41, 5.74) is 6.85. The number of hydrogen-bond acceptors (Lipinski definition) is 3. The highest BCUT2D eigenvalue weighted by Crippen LogP contribution is 2.34. The first kappa shape index (κ1) is 12.7. The van der Waals surface area contributed by atoms with Crippen LogP contribution in [0.1, 0.15) is 18.9 Å². The smallest absolute Gasteiger partial charge is 0.112 e. The molecule has 2 N–H and O–H groups in total. The first-order chi connectivity index (χ1) is 7.61. The van der Waals surface area contributed by atoms with Crippen molar-refractivity contribution in [3.63, 3.8) is 0 Å². The molecule has 1 aromatic heterocycles. The molecule has 0 bridgehead atoms. The molecular weight excluding hydrogens is 263 g/mol. The predicted octanol–water partition coefficient (Wildman–Crippen LogP) is 3.22. The summed E-state index contributed by atoms with van der Waals surface area (Å²) < 4.78 is 0.693. The lowest BCUT2D eigenvalue weighted by molar-refractivity contribution is 0.256. The average Bonchev–Trinajstić information content (AvgIpc) is 2.77. The van der Waals surface area contributed by atoms with Crippen LogP contribution in [0.3, 0.4) is 0 Å². The van der Waals surface area contributed by atoms with Crippen molar-refractivity contribution in [3.8, 4) is 0 Å². The van der Waals surface area contributed by atoms with Gasteiger partial charge in [-0.05, 0) is 36.8 Å². The highest BCUT2D eigenvalue weighted by atomic mass is 35.5. The van der Waals surface area contributed by atoms with Crippen molar-refractivity contribution in [3.05, 3.63) is 20.3 Å². The summed E-state index contributed by atoms with van der Waals surface area (Å²) in [5, 5.41) is 2.77. The minimum Gasteiger partial charge on any atom is -0.330 e. The Balaban J connectivity index is 2.02. The number of nitrogens with zero attached hydrogens (tertiary/aromatic N) is 1. The van der Waals surface area contributed by atoms with Crippen LogP contribution >= 0.6 is 34.5 Å². The van der Waals surface area contributed by atoms with Crippen molar-refractivity contribution in [2.75, 3.05) is 13.1 Å². The van der Waals surface area contributed by atoms with Crippen LogP contribution in [0, 0.1) is 5.92 Å². The fourth-order valence-electron chi connectivity index (χ4n) is 2.29. The van der Waals surface area contributed by atoms with Gasteiger partial charge in [-0.25, -0.2) is 0 Å². The van der Waals surface area contributed by atoms with Crippen molar-refractivity contribution >= 4 is 34.5 Å². The van der Waals surface area contributed by atoms with Gasteiger partial charge in [-0.3, -0.25) is 4.90 Å². The third kappa shape index (κ3) is 2.54. The van der Waals surface area contributed by atoms with E-state index >= 15 is 0 Å². The summed E-state index contributed by atoms with van der Waals surface area (Å²) in [4.78, 5) is 2.43. The molecule has 5 heteroatoms. The summed E-state index contributed by atoms with van der Waals surface area (Å²) in [5.74, 6) is 0.628. The van der Waals surface area contributed by atoms with Gasteiger partial charge in [0.25, 0.3) is 0 Å². The van der Waals surface area contributed by atoms with E-state index in [0.29, 0.717) is 16.3 Å². The van der Waals surface area contributed by atoms with Crippen molar-refractivity contribution in [2.24, 2.45) is 11.7 Å². The molecular formula is C11H16Cl2N2S. The Kier molecular flexibility index (Phi) is 4.14. The second-order valence-electron chi connectivity index (χ2n) is 4.46. The quantitative estimate of drug-likeness (QED) is 0.920. The first-order valence-electron chi connectivity index (χ1n) is 5.47. The Labute approximate surface area is 110 Å². The van der Waals surface area contributed by atoms with E-state index in [9.17, 15) is 0 Å².